The molecule has 7 heteroatoms. The SMILES string of the molecule is CCN(Cc1nc2ccccc2c(=O)[nH]1)C(=O)[C@H]1C[C@@H]1C(=O)O. The van der Waals surface area contributed by atoms with E-state index in [1.54, 1.807) is 24.3 Å². The first-order valence-electron chi connectivity index (χ1n) is 7.50. The molecule has 1 amide bonds. The van der Waals surface area contributed by atoms with Gasteiger partial charge in [0.25, 0.3) is 5.56 Å². The molecule has 1 heterocycles. The Morgan fingerprint density at radius 2 is 2.09 bits per heavy atom. The molecular formula is C16H17N3O4. The van der Waals surface area contributed by atoms with Crippen molar-refractivity contribution >= 4 is 22.8 Å². The van der Waals surface area contributed by atoms with Gasteiger partial charge in [-0.3, -0.25) is 14.4 Å². The van der Waals surface area contributed by atoms with E-state index in [0.717, 1.165) is 0 Å². The zero-order valence-corrected chi connectivity index (χ0v) is 12.7. The van der Waals surface area contributed by atoms with Gasteiger partial charge >= 0.3 is 5.97 Å². The number of aromatic nitrogens is 2. The van der Waals surface area contributed by atoms with Gasteiger partial charge in [0.05, 0.1) is 29.3 Å². The normalized spacial score (nSPS) is 19.5. The second kappa shape index (κ2) is 5.83. The van der Waals surface area contributed by atoms with Gasteiger partial charge in [-0.15, -0.1) is 0 Å². The number of nitrogens with one attached hydrogen (secondary N) is 1. The summed E-state index contributed by atoms with van der Waals surface area (Å²) in [6, 6.07) is 6.99. The Kier molecular flexibility index (Phi) is 3.85. The van der Waals surface area contributed by atoms with Crippen molar-refractivity contribution in [1.82, 2.24) is 14.9 Å². The van der Waals surface area contributed by atoms with E-state index in [1.807, 2.05) is 6.92 Å². The smallest absolute Gasteiger partial charge is 0.307 e. The maximum Gasteiger partial charge on any atom is 0.307 e. The number of carboxylic acids is 1. The van der Waals surface area contributed by atoms with Crippen LogP contribution in [0.1, 0.15) is 19.2 Å². The predicted molar refractivity (Wildman–Crippen MR) is 82.7 cm³/mol. The van der Waals surface area contributed by atoms with Crippen LogP contribution in [0.2, 0.25) is 0 Å². The van der Waals surface area contributed by atoms with Gasteiger partial charge in [-0.2, -0.15) is 0 Å². The third-order valence-corrected chi connectivity index (χ3v) is 4.12. The number of carbonyl (C=O) groups is 2. The predicted octanol–water partition coefficient (Wildman–Crippen LogP) is 0.992. The summed E-state index contributed by atoms with van der Waals surface area (Å²) in [6.07, 6.45) is 0.381. The Balaban J connectivity index is 1.81. The molecule has 1 aliphatic rings. The Morgan fingerprint density at radius 3 is 2.74 bits per heavy atom. The van der Waals surface area contributed by atoms with Crippen molar-refractivity contribution < 1.29 is 14.7 Å². The van der Waals surface area contributed by atoms with E-state index >= 15 is 0 Å². The van der Waals surface area contributed by atoms with Gasteiger partial charge in [-0.05, 0) is 25.5 Å². The largest absolute Gasteiger partial charge is 0.481 e. The summed E-state index contributed by atoms with van der Waals surface area (Å²) in [5.74, 6) is -1.77. The lowest BCUT2D eigenvalue weighted by molar-refractivity contribution is -0.142. The highest BCUT2D eigenvalue weighted by Crippen LogP contribution is 2.40. The molecule has 23 heavy (non-hydrogen) atoms. The van der Waals surface area contributed by atoms with E-state index in [0.29, 0.717) is 29.7 Å². The van der Waals surface area contributed by atoms with Gasteiger partial charge in [-0.25, -0.2) is 4.98 Å². The van der Waals surface area contributed by atoms with Crippen molar-refractivity contribution in [1.29, 1.82) is 0 Å². The van der Waals surface area contributed by atoms with E-state index in [1.165, 1.54) is 4.90 Å². The fourth-order valence-electron chi connectivity index (χ4n) is 2.71. The van der Waals surface area contributed by atoms with Crippen LogP contribution in [0, 0.1) is 11.8 Å². The fourth-order valence-corrected chi connectivity index (χ4v) is 2.71. The quantitative estimate of drug-likeness (QED) is 0.856. The zero-order chi connectivity index (χ0) is 16.6. The number of H-pyrrole nitrogens is 1. The Bertz CT molecular complexity index is 829. The van der Waals surface area contributed by atoms with Crippen LogP contribution < -0.4 is 5.56 Å². The number of aromatic amines is 1. The standard InChI is InChI=1S/C16H17N3O4/c1-2-19(15(21)10-7-11(10)16(22)23)8-13-17-12-6-4-3-5-9(12)14(20)18-13/h3-6,10-11H,2,7-8H2,1H3,(H,22,23)(H,17,18,20)/t10-,11-/m0/s1. The van der Waals surface area contributed by atoms with Crippen molar-refractivity contribution in [2.24, 2.45) is 11.8 Å². The number of rotatable bonds is 5. The minimum absolute atomic E-state index is 0.165. The molecule has 120 valence electrons. The summed E-state index contributed by atoms with van der Waals surface area (Å²) in [4.78, 5) is 43.9. The zero-order valence-electron chi connectivity index (χ0n) is 12.7. The fraction of sp³-hybridized carbons (Fsp3) is 0.375. The number of fused-ring (bicyclic) bond motifs is 1. The van der Waals surface area contributed by atoms with Gasteiger partial charge in [0.15, 0.2) is 0 Å². The van der Waals surface area contributed by atoms with Crippen LogP contribution in [-0.2, 0) is 16.1 Å². The summed E-state index contributed by atoms with van der Waals surface area (Å²) in [7, 11) is 0. The highest BCUT2D eigenvalue weighted by Gasteiger charge is 2.49. The van der Waals surface area contributed by atoms with Gasteiger partial charge < -0.3 is 15.0 Å². The second-order valence-electron chi connectivity index (χ2n) is 5.67. The van der Waals surface area contributed by atoms with E-state index in [9.17, 15) is 14.4 Å². The molecule has 1 saturated carbocycles. The van der Waals surface area contributed by atoms with Gasteiger partial charge in [0.1, 0.15) is 5.82 Å². The summed E-state index contributed by atoms with van der Waals surface area (Å²) >= 11 is 0. The molecule has 1 fully saturated rings. The third kappa shape index (κ3) is 2.94. The molecule has 3 rings (SSSR count). The molecule has 1 aromatic heterocycles. The van der Waals surface area contributed by atoms with E-state index in [-0.39, 0.29) is 18.0 Å². The monoisotopic (exact) mass is 315 g/mol. The van der Waals surface area contributed by atoms with E-state index < -0.39 is 17.8 Å². The van der Waals surface area contributed by atoms with Crippen molar-refractivity contribution in [2.75, 3.05) is 6.54 Å². The number of para-hydroxylation sites is 1. The highest BCUT2D eigenvalue weighted by atomic mass is 16.4. The molecular weight excluding hydrogens is 298 g/mol. The molecule has 0 unspecified atom stereocenters. The van der Waals surface area contributed by atoms with Gasteiger partial charge in [-0.1, -0.05) is 12.1 Å². The number of carboxylic acid groups (broad SMARTS) is 1. The summed E-state index contributed by atoms with van der Waals surface area (Å²) in [6.45, 7) is 2.41. The Morgan fingerprint density at radius 1 is 1.35 bits per heavy atom. The summed E-state index contributed by atoms with van der Waals surface area (Å²) < 4.78 is 0. The van der Waals surface area contributed by atoms with E-state index in [4.69, 9.17) is 5.11 Å². The topological polar surface area (TPSA) is 103 Å². The Labute approximate surface area is 132 Å². The number of carbonyl (C=O) groups excluding carboxylic acids is 1. The van der Waals surface area contributed by atoms with Crippen LogP contribution in [0.4, 0.5) is 0 Å². The summed E-state index contributed by atoms with van der Waals surface area (Å²) in [5.41, 5.74) is 0.327. The van der Waals surface area contributed by atoms with Gasteiger partial charge in [0, 0.05) is 6.54 Å². The lowest BCUT2D eigenvalue weighted by Crippen LogP contribution is -2.33. The van der Waals surface area contributed by atoms with Crippen LogP contribution in [0.5, 0.6) is 0 Å². The number of hydrogen-bond donors (Lipinski definition) is 2. The molecule has 0 bridgehead atoms. The molecule has 0 spiro atoms. The molecule has 2 aromatic rings. The molecule has 0 aliphatic heterocycles. The average Bonchev–Trinajstić information content (AvgIpc) is 3.33. The first kappa shape index (κ1) is 15.2. The van der Waals surface area contributed by atoms with Crippen LogP contribution in [0.15, 0.2) is 29.1 Å². The van der Waals surface area contributed by atoms with Crippen molar-refractivity contribution in [3.05, 3.63) is 40.4 Å². The van der Waals surface area contributed by atoms with Crippen molar-refractivity contribution in [2.45, 2.75) is 19.9 Å². The molecule has 1 aliphatic carbocycles. The maximum absolute atomic E-state index is 12.3. The minimum atomic E-state index is -0.934. The van der Waals surface area contributed by atoms with Crippen LogP contribution in [0.25, 0.3) is 10.9 Å². The molecule has 1 aromatic carbocycles. The number of aliphatic carboxylic acids is 1. The molecule has 7 nitrogen and oxygen atoms in total. The second-order valence-corrected chi connectivity index (χ2v) is 5.67. The first-order chi connectivity index (χ1) is 11.0. The minimum Gasteiger partial charge on any atom is -0.481 e. The number of nitrogens with zero attached hydrogens (tertiary/aromatic N) is 2. The highest BCUT2D eigenvalue weighted by molar-refractivity contribution is 5.89. The third-order valence-electron chi connectivity index (χ3n) is 4.12. The molecule has 0 radical (unpaired) electrons. The van der Waals surface area contributed by atoms with Crippen LogP contribution in [0.3, 0.4) is 0 Å². The molecule has 0 saturated heterocycles. The Hall–Kier alpha value is -2.70. The molecule has 2 N–H and O–H groups in total. The first-order valence-corrected chi connectivity index (χ1v) is 7.50. The average molecular weight is 315 g/mol. The maximum atomic E-state index is 12.3. The number of hydrogen-bond acceptors (Lipinski definition) is 4. The van der Waals surface area contributed by atoms with Crippen molar-refractivity contribution in [3.63, 3.8) is 0 Å². The lowest BCUT2D eigenvalue weighted by Gasteiger charge is -2.20. The van der Waals surface area contributed by atoms with E-state index in [2.05, 4.69) is 9.97 Å². The van der Waals surface area contributed by atoms with Crippen LogP contribution in [-0.4, -0.2) is 38.4 Å². The van der Waals surface area contributed by atoms with Crippen molar-refractivity contribution in [3.8, 4) is 0 Å². The number of benzene rings is 1. The van der Waals surface area contributed by atoms with Crippen LogP contribution >= 0.6 is 0 Å². The molecule has 2 atom stereocenters. The van der Waals surface area contributed by atoms with Gasteiger partial charge in [0.2, 0.25) is 5.91 Å². The lowest BCUT2D eigenvalue weighted by atomic mass is 10.2. The summed E-state index contributed by atoms with van der Waals surface area (Å²) in [5, 5.41) is 9.44. The number of amides is 1.